The van der Waals surface area contributed by atoms with Crippen LogP contribution in [-0.2, 0) is 14.4 Å². The Labute approximate surface area is 116 Å². The lowest BCUT2D eigenvalue weighted by molar-refractivity contribution is -0.139. The van der Waals surface area contributed by atoms with Gasteiger partial charge in [0.15, 0.2) is 0 Å². The summed E-state index contributed by atoms with van der Waals surface area (Å²) < 4.78 is 0. The van der Waals surface area contributed by atoms with Gasteiger partial charge in [0, 0.05) is 7.05 Å². The predicted molar refractivity (Wildman–Crippen MR) is 68.7 cm³/mol. The van der Waals surface area contributed by atoms with Crippen molar-refractivity contribution in [3.8, 4) is 0 Å². The molecule has 1 unspecified atom stereocenters. The zero-order chi connectivity index (χ0) is 15.4. The molecular weight excluding hydrogens is 266 g/mol. The van der Waals surface area contributed by atoms with Gasteiger partial charge in [-0.2, -0.15) is 0 Å². The van der Waals surface area contributed by atoms with Crippen LogP contribution in [0.25, 0.3) is 0 Å². The Hall–Kier alpha value is -2.12. The molecule has 1 heterocycles. The molecule has 1 saturated heterocycles. The number of carboxylic acid groups (broad SMARTS) is 1. The van der Waals surface area contributed by atoms with Crippen molar-refractivity contribution in [2.75, 3.05) is 7.05 Å². The molecule has 1 fully saturated rings. The largest absolute Gasteiger partial charge is 0.480 e. The topological polar surface area (TPSA) is 116 Å². The second-order valence-corrected chi connectivity index (χ2v) is 5.19. The second kappa shape index (κ2) is 6.36. The highest BCUT2D eigenvalue weighted by Crippen LogP contribution is 2.10. The molecule has 4 amide bonds. The molecule has 0 spiro atoms. The molecule has 3 N–H and O–H groups in total. The summed E-state index contributed by atoms with van der Waals surface area (Å²) in [5.41, 5.74) is 0. The molecule has 2 atom stereocenters. The van der Waals surface area contributed by atoms with E-state index in [-0.39, 0.29) is 24.7 Å². The zero-order valence-electron chi connectivity index (χ0n) is 11.7. The number of hydrogen-bond acceptors (Lipinski definition) is 4. The van der Waals surface area contributed by atoms with Crippen LogP contribution in [0, 0.1) is 5.92 Å². The molecule has 0 saturated carbocycles. The van der Waals surface area contributed by atoms with E-state index in [4.69, 9.17) is 5.11 Å². The molecule has 1 aliphatic rings. The van der Waals surface area contributed by atoms with Gasteiger partial charge in [-0.25, -0.2) is 9.59 Å². The summed E-state index contributed by atoms with van der Waals surface area (Å²) >= 11 is 0. The fourth-order valence-corrected chi connectivity index (χ4v) is 1.92. The molecule has 0 bridgehead atoms. The minimum Gasteiger partial charge on any atom is -0.480 e. The average molecular weight is 285 g/mol. The number of aliphatic carboxylic acids is 1. The van der Waals surface area contributed by atoms with Crippen LogP contribution in [0.5, 0.6) is 0 Å². The number of imide groups is 1. The summed E-state index contributed by atoms with van der Waals surface area (Å²) in [5, 5.41) is 13.6. The number of nitrogens with one attached hydrogen (secondary N) is 2. The van der Waals surface area contributed by atoms with Crippen LogP contribution < -0.4 is 10.6 Å². The fraction of sp³-hybridized carbons (Fsp3) is 0.667. The number of urea groups is 1. The van der Waals surface area contributed by atoms with Crippen molar-refractivity contribution in [2.24, 2.45) is 5.92 Å². The Balaban J connectivity index is 2.56. The lowest BCUT2D eigenvalue weighted by atomic mass is 10.0. The zero-order valence-corrected chi connectivity index (χ0v) is 11.7. The van der Waals surface area contributed by atoms with Gasteiger partial charge >= 0.3 is 12.0 Å². The molecule has 0 radical (unpaired) electrons. The number of likely N-dealkylation sites (N-methyl/N-ethyl adjacent to an activating group) is 1. The maximum absolute atomic E-state index is 11.7. The van der Waals surface area contributed by atoms with Gasteiger partial charge in [0.05, 0.1) is 6.42 Å². The van der Waals surface area contributed by atoms with Crippen LogP contribution in [0.2, 0.25) is 0 Å². The molecule has 0 aliphatic carbocycles. The summed E-state index contributed by atoms with van der Waals surface area (Å²) in [6, 6.07) is -2.72. The normalized spacial score (nSPS) is 20.2. The van der Waals surface area contributed by atoms with E-state index >= 15 is 0 Å². The van der Waals surface area contributed by atoms with E-state index in [0.29, 0.717) is 0 Å². The van der Waals surface area contributed by atoms with Crippen molar-refractivity contribution in [3.63, 3.8) is 0 Å². The van der Waals surface area contributed by atoms with Crippen molar-refractivity contribution in [3.05, 3.63) is 0 Å². The first-order valence-corrected chi connectivity index (χ1v) is 6.32. The number of hydrogen-bond donors (Lipinski definition) is 3. The van der Waals surface area contributed by atoms with Gasteiger partial charge in [-0.15, -0.1) is 0 Å². The number of carboxylic acids is 1. The monoisotopic (exact) mass is 285 g/mol. The van der Waals surface area contributed by atoms with E-state index in [1.54, 1.807) is 0 Å². The van der Waals surface area contributed by atoms with E-state index < -0.39 is 30.0 Å². The van der Waals surface area contributed by atoms with E-state index in [0.717, 1.165) is 4.90 Å². The standard InChI is InChI=1S/C12H19N3O5/c1-6(2)4-8(11(18)19)14-12(20)13-7-5-9(16)15(3)10(7)17/h6-8H,4-5H2,1-3H3,(H,18,19)(H2,13,14,20)/t7?,8-/m0/s1. The van der Waals surface area contributed by atoms with E-state index in [9.17, 15) is 19.2 Å². The Morgan fingerprint density at radius 1 is 1.40 bits per heavy atom. The highest BCUT2D eigenvalue weighted by molar-refractivity contribution is 6.06. The number of likely N-dealkylation sites (tertiary alicyclic amines) is 1. The molecule has 0 aromatic heterocycles. The summed E-state index contributed by atoms with van der Waals surface area (Å²) in [4.78, 5) is 46.5. The molecule has 1 aliphatic heterocycles. The lowest BCUT2D eigenvalue weighted by Crippen LogP contribution is -2.51. The van der Waals surface area contributed by atoms with Gasteiger partial charge in [-0.1, -0.05) is 13.8 Å². The fourth-order valence-electron chi connectivity index (χ4n) is 1.92. The third-order valence-electron chi connectivity index (χ3n) is 3.00. The Morgan fingerprint density at radius 3 is 2.40 bits per heavy atom. The third-order valence-corrected chi connectivity index (χ3v) is 3.00. The van der Waals surface area contributed by atoms with Gasteiger partial charge in [0.1, 0.15) is 12.1 Å². The minimum atomic E-state index is -1.14. The maximum atomic E-state index is 11.7. The van der Waals surface area contributed by atoms with E-state index in [1.165, 1.54) is 7.05 Å². The summed E-state index contributed by atoms with van der Waals surface area (Å²) in [7, 11) is 1.34. The Bertz CT molecular complexity index is 435. The van der Waals surface area contributed by atoms with Crippen LogP contribution in [0.1, 0.15) is 26.7 Å². The van der Waals surface area contributed by atoms with Crippen molar-refractivity contribution in [1.82, 2.24) is 15.5 Å². The van der Waals surface area contributed by atoms with Crippen LogP contribution >= 0.6 is 0 Å². The van der Waals surface area contributed by atoms with Crippen molar-refractivity contribution >= 4 is 23.8 Å². The average Bonchev–Trinajstić information content (AvgIpc) is 2.55. The first-order chi connectivity index (χ1) is 9.22. The summed E-state index contributed by atoms with van der Waals surface area (Å²) in [6.45, 7) is 3.67. The highest BCUT2D eigenvalue weighted by atomic mass is 16.4. The molecule has 1 rings (SSSR count). The molecule has 0 aromatic carbocycles. The van der Waals surface area contributed by atoms with Crippen LogP contribution in [-0.4, -0.2) is 53.0 Å². The molecule has 8 nitrogen and oxygen atoms in total. The number of amides is 4. The van der Waals surface area contributed by atoms with Crippen molar-refractivity contribution in [2.45, 2.75) is 38.8 Å². The predicted octanol–water partition coefficient (Wildman–Crippen LogP) is -0.458. The van der Waals surface area contributed by atoms with Gasteiger partial charge in [-0.3, -0.25) is 14.5 Å². The second-order valence-electron chi connectivity index (χ2n) is 5.19. The molecular formula is C12H19N3O5. The molecule has 0 aromatic rings. The Kier molecular flexibility index (Phi) is 5.06. The summed E-state index contributed by atoms with van der Waals surface area (Å²) in [5.74, 6) is -1.92. The lowest BCUT2D eigenvalue weighted by Gasteiger charge is -2.18. The third kappa shape index (κ3) is 3.94. The molecule has 112 valence electrons. The van der Waals surface area contributed by atoms with Crippen molar-refractivity contribution < 1.29 is 24.3 Å². The number of nitrogens with zero attached hydrogens (tertiary/aromatic N) is 1. The smallest absolute Gasteiger partial charge is 0.326 e. The summed E-state index contributed by atoms with van der Waals surface area (Å²) in [6.07, 6.45) is 0.171. The highest BCUT2D eigenvalue weighted by Gasteiger charge is 2.37. The first-order valence-electron chi connectivity index (χ1n) is 6.32. The minimum absolute atomic E-state index is 0.0947. The van der Waals surface area contributed by atoms with Crippen LogP contribution in [0.15, 0.2) is 0 Å². The van der Waals surface area contributed by atoms with Gasteiger partial charge in [0.25, 0.3) is 5.91 Å². The SMILES string of the molecule is CC(C)C[C@H](NC(=O)NC1CC(=O)N(C)C1=O)C(=O)O. The Morgan fingerprint density at radius 2 is 2.00 bits per heavy atom. The number of carbonyl (C=O) groups excluding carboxylic acids is 3. The van der Waals surface area contributed by atoms with Gasteiger partial charge < -0.3 is 15.7 Å². The van der Waals surface area contributed by atoms with E-state index in [1.807, 2.05) is 13.8 Å². The van der Waals surface area contributed by atoms with Crippen LogP contribution in [0.4, 0.5) is 4.79 Å². The number of rotatable bonds is 5. The van der Waals surface area contributed by atoms with Crippen LogP contribution in [0.3, 0.4) is 0 Å². The quantitative estimate of drug-likeness (QED) is 0.591. The van der Waals surface area contributed by atoms with E-state index in [2.05, 4.69) is 10.6 Å². The molecule has 8 heteroatoms. The van der Waals surface area contributed by atoms with Gasteiger partial charge in [0.2, 0.25) is 5.91 Å². The van der Waals surface area contributed by atoms with Crippen molar-refractivity contribution in [1.29, 1.82) is 0 Å². The molecule has 20 heavy (non-hydrogen) atoms. The first kappa shape index (κ1) is 15.9. The number of carbonyl (C=O) groups is 4. The maximum Gasteiger partial charge on any atom is 0.326 e. The van der Waals surface area contributed by atoms with Gasteiger partial charge in [-0.05, 0) is 12.3 Å².